The van der Waals surface area contributed by atoms with Gasteiger partial charge in [-0.1, -0.05) is 24.3 Å². The minimum atomic E-state index is -0.612. The normalized spacial score (nSPS) is 20.2. The van der Waals surface area contributed by atoms with Gasteiger partial charge in [-0.15, -0.1) is 0 Å². The standard InChI is InChI=1S/C27H27N7O3/c1-37-27(36)31-14-24(35)34-20-8-6-18(10-20)25(34)26-30-13-23(33-26)19-7-9-21(29-11-19)16-2-4-17(5-3-16)22-12-28-15-32-22/h2-5,7,9,11-13,15,18,20,25H,6,8,10,14H2,1H3,(H,28,32)(H,30,33)(H,31,36). The Morgan fingerprint density at radius 3 is 2.54 bits per heavy atom. The van der Waals surface area contributed by atoms with Crippen LogP contribution in [0, 0.1) is 5.92 Å². The van der Waals surface area contributed by atoms with E-state index in [1.165, 1.54) is 7.11 Å². The maximum absolute atomic E-state index is 13.0. The maximum Gasteiger partial charge on any atom is 0.407 e. The van der Waals surface area contributed by atoms with Crippen molar-refractivity contribution in [2.24, 2.45) is 5.92 Å². The number of methoxy groups -OCH3 is 1. The summed E-state index contributed by atoms with van der Waals surface area (Å²) in [5.74, 6) is 1.01. The van der Waals surface area contributed by atoms with Gasteiger partial charge in [0.2, 0.25) is 5.91 Å². The highest BCUT2D eigenvalue weighted by Gasteiger charge is 2.49. The van der Waals surface area contributed by atoms with E-state index in [4.69, 9.17) is 0 Å². The second-order valence-corrected chi connectivity index (χ2v) is 9.47. The number of alkyl carbamates (subject to hydrolysis) is 1. The van der Waals surface area contributed by atoms with E-state index in [2.05, 4.69) is 35.0 Å². The first-order valence-electron chi connectivity index (χ1n) is 12.3. The van der Waals surface area contributed by atoms with Crippen LogP contribution in [-0.4, -0.2) is 61.5 Å². The number of benzene rings is 1. The number of amides is 2. The molecule has 4 heterocycles. The number of aromatic nitrogens is 5. The molecule has 0 radical (unpaired) electrons. The molecule has 10 heteroatoms. The van der Waals surface area contributed by atoms with Crippen molar-refractivity contribution in [3.05, 3.63) is 67.1 Å². The number of ether oxygens (including phenoxy) is 1. The summed E-state index contributed by atoms with van der Waals surface area (Å²) in [6.45, 7) is -0.0891. The number of likely N-dealkylation sites (tertiary alicyclic amines) is 1. The van der Waals surface area contributed by atoms with Crippen LogP contribution in [0.1, 0.15) is 31.1 Å². The predicted octanol–water partition coefficient (Wildman–Crippen LogP) is 3.94. The minimum Gasteiger partial charge on any atom is -0.453 e. The third-order valence-corrected chi connectivity index (χ3v) is 7.38. The summed E-state index contributed by atoms with van der Waals surface area (Å²) in [5.41, 5.74) is 5.72. The number of H-pyrrole nitrogens is 2. The molecule has 2 fully saturated rings. The largest absolute Gasteiger partial charge is 0.453 e. The monoisotopic (exact) mass is 497 g/mol. The third-order valence-electron chi connectivity index (χ3n) is 7.38. The molecule has 1 aromatic carbocycles. The van der Waals surface area contributed by atoms with Crippen molar-refractivity contribution in [2.75, 3.05) is 13.7 Å². The van der Waals surface area contributed by atoms with Crippen LogP contribution < -0.4 is 5.32 Å². The number of aromatic amines is 2. The second-order valence-electron chi connectivity index (χ2n) is 9.47. The molecule has 4 aromatic rings. The Morgan fingerprint density at radius 2 is 1.81 bits per heavy atom. The fraction of sp³-hybridized carbons (Fsp3) is 0.296. The van der Waals surface area contributed by atoms with Gasteiger partial charge in [-0.05, 0) is 42.9 Å². The molecule has 3 atom stereocenters. The highest BCUT2D eigenvalue weighted by molar-refractivity contribution is 5.83. The Kier molecular flexibility index (Phi) is 5.91. The van der Waals surface area contributed by atoms with Crippen LogP contribution in [0.4, 0.5) is 4.79 Å². The summed E-state index contributed by atoms with van der Waals surface area (Å²) in [5, 5.41) is 2.50. The summed E-state index contributed by atoms with van der Waals surface area (Å²) in [4.78, 5) is 46.3. The van der Waals surface area contributed by atoms with Gasteiger partial charge in [-0.3, -0.25) is 9.78 Å². The Labute approximate surface area is 213 Å². The summed E-state index contributed by atoms with van der Waals surface area (Å²) in [6.07, 6.45) is 9.48. The Bertz CT molecular complexity index is 1400. The molecule has 2 amide bonds. The van der Waals surface area contributed by atoms with E-state index in [1.54, 1.807) is 18.7 Å². The molecule has 0 spiro atoms. The summed E-state index contributed by atoms with van der Waals surface area (Å²) in [6, 6.07) is 12.2. The summed E-state index contributed by atoms with van der Waals surface area (Å²) in [7, 11) is 1.28. The van der Waals surface area contributed by atoms with Crippen LogP contribution in [0.15, 0.2) is 61.3 Å². The van der Waals surface area contributed by atoms with Gasteiger partial charge in [-0.2, -0.15) is 0 Å². The zero-order chi connectivity index (χ0) is 25.4. The maximum atomic E-state index is 13.0. The van der Waals surface area contributed by atoms with Crippen molar-refractivity contribution in [3.63, 3.8) is 0 Å². The number of nitrogens with one attached hydrogen (secondary N) is 3. The number of nitrogens with zero attached hydrogens (tertiary/aromatic N) is 4. The fourth-order valence-electron chi connectivity index (χ4n) is 5.60. The van der Waals surface area contributed by atoms with E-state index >= 15 is 0 Å². The van der Waals surface area contributed by atoms with Crippen LogP contribution in [0.3, 0.4) is 0 Å². The molecule has 10 nitrogen and oxygen atoms in total. The lowest BCUT2D eigenvalue weighted by Gasteiger charge is -2.34. The van der Waals surface area contributed by atoms with Crippen molar-refractivity contribution in [2.45, 2.75) is 31.3 Å². The van der Waals surface area contributed by atoms with Gasteiger partial charge < -0.3 is 24.9 Å². The quantitative estimate of drug-likeness (QED) is 0.370. The minimum absolute atomic E-state index is 0.0891. The van der Waals surface area contributed by atoms with E-state index in [-0.39, 0.29) is 24.5 Å². The molecule has 37 heavy (non-hydrogen) atoms. The van der Waals surface area contributed by atoms with Gasteiger partial charge in [0.1, 0.15) is 12.4 Å². The lowest BCUT2D eigenvalue weighted by Crippen LogP contribution is -2.45. The number of carbonyl (C=O) groups excluding carboxylic acids is 2. The molecule has 1 saturated carbocycles. The van der Waals surface area contributed by atoms with Crippen LogP contribution >= 0.6 is 0 Å². The molecule has 1 aliphatic carbocycles. The lowest BCUT2D eigenvalue weighted by atomic mass is 9.98. The van der Waals surface area contributed by atoms with Crippen LogP contribution in [0.2, 0.25) is 0 Å². The van der Waals surface area contributed by atoms with Crippen LogP contribution in [0.5, 0.6) is 0 Å². The SMILES string of the molecule is COC(=O)NCC(=O)N1C2CCC(C2)C1c1ncc(-c2ccc(-c3ccc(-c4cnc[nH]4)cc3)nc2)[nH]1. The first kappa shape index (κ1) is 23.0. The molecular weight excluding hydrogens is 470 g/mol. The molecule has 3 aromatic heterocycles. The number of hydrogen-bond donors (Lipinski definition) is 3. The van der Waals surface area contributed by atoms with E-state index in [0.29, 0.717) is 5.92 Å². The van der Waals surface area contributed by atoms with E-state index < -0.39 is 6.09 Å². The van der Waals surface area contributed by atoms with Gasteiger partial charge in [-0.25, -0.2) is 14.8 Å². The second kappa shape index (κ2) is 9.53. The van der Waals surface area contributed by atoms with Gasteiger partial charge in [0, 0.05) is 23.4 Å². The lowest BCUT2D eigenvalue weighted by molar-refractivity contribution is -0.134. The summed E-state index contributed by atoms with van der Waals surface area (Å²) >= 11 is 0. The number of imidazole rings is 2. The molecule has 188 valence electrons. The summed E-state index contributed by atoms with van der Waals surface area (Å²) < 4.78 is 4.60. The molecule has 3 N–H and O–H groups in total. The number of hydrogen-bond acceptors (Lipinski definition) is 6. The average molecular weight is 498 g/mol. The van der Waals surface area contributed by atoms with Crippen molar-refractivity contribution in [1.82, 2.24) is 35.1 Å². The smallest absolute Gasteiger partial charge is 0.407 e. The predicted molar refractivity (Wildman–Crippen MR) is 136 cm³/mol. The molecule has 3 unspecified atom stereocenters. The highest BCUT2D eigenvalue weighted by Crippen LogP contribution is 2.49. The average Bonchev–Trinajstić information content (AvgIpc) is 3.76. The number of carbonyl (C=O) groups is 2. The van der Waals surface area contributed by atoms with Crippen LogP contribution in [-0.2, 0) is 9.53 Å². The number of fused-ring (bicyclic) bond motifs is 2. The Balaban J connectivity index is 1.18. The highest BCUT2D eigenvalue weighted by atomic mass is 16.5. The van der Waals surface area contributed by atoms with Crippen molar-refractivity contribution < 1.29 is 14.3 Å². The zero-order valence-corrected chi connectivity index (χ0v) is 20.3. The van der Waals surface area contributed by atoms with Gasteiger partial charge in [0.15, 0.2) is 0 Å². The molecular formula is C27H27N7O3. The molecule has 1 aliphatic heterocycles. The van der Waals surface area contributed by atoms with Crippen molar-refractivity contribution in [1.29, 1.82) is 0 Å². The first-order chi connectivity index (χ1) is 18.1. The zero-order valence-electron chi connectivity index (χ0n) is 20.3. The van der Waals surface area contributed by atoms with E-state index in [1.807, 2.05) is 47.5 Å². The topological polar surface area (TPSA) is 129 Å². The molecule has 2 aliphatic rings. The molecule has 2 bridgehead atoms. The van der Waals surface area contributed by atoms with Crippen LogP contribution in [0.25, 0.3) is 33.8 Å². The number of rotatable bonds is 6. The van der Waals surface area contributed by atoms with Gasteiger partial charge in [0.25, 0.3) is 0 Å². The Morgan fingerprint density at radius 1 is 1.00 bits per heavy atom. The van der Waals surface area contributed by atoms with E-state index in [0.717, 1.165) is 58.9 Å². The first-order valence-corrected chi connectivity index (χ1v) is 12.3. The van der Waals surface area contributed by atoms with Crippen molar-refractivity contribution in [3.8, 4) is 33.8 Å². The van der Waals surface area contributed by atoms with Gasteiger partial charge >= 0.3 is 6.09 Å². The number of piperidine rings is 1. The molecule has 1 saturated heterocycles. The number of pyridine rings is 1. The van der Waals surface area contributed by atoms with Gasteiger partial charge in [0.05, 0.1) is 49.0 Å². The Hall–Kier alpha value is -4.47. The van der Waals surface area contributed by atoms with Crippen molar-refractivity contribution >= 4 is 12.0 Å². The molecule has 6 rings (SSSR count). The fourth-order valence-corrected chi connectivity index (χ4v) is 5.60. The third kappa shape index (κ3) is 4.35. The van der Waals surface area contributed by atoms with E-state index in [9.17, 15) is 9.59 Å².